The van der Waals surface area contributed by atoms with Gasteiger partial charge in [0.1, 0.15) is 6.10 Å². The summed E-state index contributed by atoms with van der Waals surface area (Å²) < 4.78 is 12.7. The Balaban J connectivity index is 1.74. The van der Waals surface area contributed by atoms with E-state index < -0.39 is 0 Å². The van der Waals surface area contributed by atoms with E-state index in [0.717, 1.165) is 15.6 Å². The third-order valence-corrected chi connectivity index (χ3v) is 3.53. The van der Waals surface area contributed by atoms with Crippen molar-refractivity contribution >= 4 is 15.9 Å². The van der Waals surface area contributed by atoms with Crippen LogP contribution in [0, 0.1) is 0 Å². The molecule has 0 bridgehead atoms. The van der Waals surface area contributed by atoms with Crippen LogP contribution < -0.4 is 0 Å². The fourth-order valence-corrected chi connectivity index (χ4v) is 2.30. The van der Waals surface area contributed by atoms with Crippen molar-refractivity contribution in [3.8, 4) is 0 Å². The maximum Gasteiger partial charge on any atom is 0.184 e. The molecule has 2 atom stereocenters. The highest BCUT2D eigenvalue weighted by Gasteiger charge is 2.28. The summed E-state index contributed by atoms with van der Waals surface area (Å²) in [6, 6.07) is 18.2. The first kappa shape index (κ1) is 11.9. The average Bonchev–Trinajstić information content (AvgIpc) is 2.90. The van der Waals surface area contributed by atoms with Gasteiger partial charge in [-0.1, -0.05) is 58.4 Å². The lowest BCUT2D eigenvalue weighted by Gasteiger charge is -2.12. The summed E-state index contributed by atoms with van der Waals surface area (Å²) in [6.07, 6.45) is -0.233. The molecule has 2 aromatic rings. The fraction of sp³-hybridized carbons (Fsp3) is 0.200. The van der Waals surface area contributed by atoms with Gasteiger partial charge >= 0.3 is 0 Å². The van der Waals surface area contributed by atoms with Crippen molar-refractivity contribution in [3.63, 3.8) is 0 Å². The van der Waals surface area contributed by atoms with E-state index in [2.05, 4.69) is 28.1 Å². The minimum absolute atomic E-state index is 0.0276. The summed E-state index contributed by atoms with van der Waals surface area (Å²) in [7, 11) is 0. The molecule has 1 heterocycles. The van der Waals surface area contributed by atoms with Gasteiger partial charge in [-0.2, -0.15) is 0 Å². The van der Waals surface area contributed by atoms with E-state index in [-0.39, 0.29) is 12.4 Å². The molecule has 0 unspecified atom stereocenters. The molecule has 3 heteroatoms. The third-order valence-electron chi connectivity index (χ3n) is 3.00. The number of hydrogen-bond acceptors (Lipinski definition) is 2. The van der Waals surface area contributed by atoms with E-state index in [4.69, 9.17) is 9.47 Å². The van der Waals surface area contributed by atoms with Crippen LogP contribution in [0.5, 0.6) is 0 Å². The molecule has 0 aromatic heterocycles. The Bertz CT molecular complexity index is 510. The maximum atomic E-state index is 5.94. The van der Waals surface area contributed by atoms with E-state index in [1.165, 1.54) is 0 Å². The molecule has 2 nitrogen and oxygen atoms in total. The number of ether oxygens (including phenoxy) is 2. The first-order valence-corrected chi connectivity index (χ1v) is 6.70. The second-order valence-electron chi connectivity index (χ2n) is 4.25. The Morgan fingerprint density at radius 3 is 2.33 bits per heavy atom. The van der Waals surface area contributed by atoms with E-state index in [9.17, 15) is 0 Å². The molecular weight excluding hydrogens is 292 g/mol. The number of hydrogen-bond donors (Lipinski definition) is 0. The molecule has 18 heavy (non-hydrogen) atoms. The zero-order chi connectivity index (χ0) is 12.4. The summed E-state index contributed by atoms with van der Waals surface area (Å²) in [6.45, 7) is 0.602. The molecule has 1 saturated heterocycles. The standard InChI is InChI=1S/C15H13BrO2/c16-13-8-6-12(7-9-13)15-17-10-14(18-15)11-4-2-1-3-5-11/h1-9,14-15H,10H2/t14-,15+/m1/s1. The predicted molar refractivity (Wildman–Crippen MR) is 73.1 cm³/mol. The van der Waals surface area contributed by atoms with Crippen LogP contribution in [-0.2, 0) is 9.47 Å². The van der Waals surface area contributed by atoms with Gasteiger partial charge in [-0.05, 0) is 17.7 Å². The van der Waals surface area contributed by atoms with Gasteiger partial charge in [-0.15, -0.1) is 0 Å². The highest BCUT2D eigenvalue weighted by Crippen LogP contribution is 2.35. The van der Waals surface area contributed by atoms with Crippen LogP contribution in [0.15, 0.2) is 59.1 Å². The van der Waals surface area contributed by atoms with Crippen LogP contribution in [0.1, 0.15) is 23.5 Å². The van der Waals surface area contributed by atoms with E-state index in [1.807, 2.05) is 42.5 Å². The lowest BCUT2D eigenvalue weighted by Crippen LogP contribution is -2.00. The van der Waals surface area contributed by atoms with Crippen LogP contribution in [0.25, 0.3) is 0 Å². The Labute approximate surface area is 115 Å². The SMILES string of the molecule is Brc1ccc([C@H]2OC[C@H](c3ccccc3)O2)cc1. The molecule has 1 aliphatic rings. The Morgan fingerprint density at radius 1 is 0.889 bits per heavy atom. The van der Waals surface area contributed by atoms with Crippen LogP contribution in [0.2, 0.25) is 0 Å². The van der Waals surface area contributed by atoms with Gasteiger partial charge in [0.05, 0.1) is 6.61 Å². The summed E-state index contributed by atoms with van der Waals surface area (Å²) in [5, 5.41) is 0. The molecular formula is C15H13BrO2. The lowest BCUT2D eigenvalue weighted by molar-refractivity contribution is -0.0607. The van der Waals surface area contributed by atoms with E-state index in [1.54, 1.807) is 0 Å². The van der Waals surface area contributed by atoms with Crippen molar-refractivity contribution in [1.82, 2.24) is 0 Å². The molecule has 1 aliphatic heterocycles. The highest BCUT2D eigenvalue weighted by atomic mass is 79.9. The molecule has 0 amide bonds. The normalized spacial score (nSPS) is 23.2. The quantitative estimate of drug-likeness (QED) is 0.826. The number of benzene rings is 2. The molecule has 0 saturated carbocycles. The number of rotatable bonds is 2. The van der Waals surface area contributed by atoms with Gasteiger partial charge in [0, 0.05) is 10.0 Å². The topological polar surface area (TPSA) is 18.5 Å². The van der Waals surface area contributed by atoms with Crippen LogP contribution in [0.3, 0.4) is 0 Å². The molecule has 0 aliphatic carbocycles. The fourth-order valence-electron chi connectivity index (χ4n) is 2.04. The van der Waals surface area contributed by atoms with Gasteiger partial charge in [0.2, 0.25) is 0 Å². The van der Waals surface area contributed by atoms with Gasteiger partial charge in [-0.3, -0.25) is 0 Å². The lowest BCUT2D eigenvalue weighted by atomic mass is 10.1. The number of halogens is 1. The highest BCUT2D eigenvalue weighted by molar-refractivity contribution is 9.10. The second kappa shape index (κ2) is 5.22. The Kier molecular flexibility index (Phi) is 3.46. The molecule has 0 N–H and O–H groups in total. The molecule has 3 rings (SSSR count). The molecule has 0 spiro atoms. The Morgan fingerprint density at radius 2 is 1.61 bits per heavy atom. The molecule has 92 valence electrons. The largest absolute Gasteiger partial charge is 0.345 e. The summed E-state index contributed by atoms with van der Waals surface area (Å²) in [4.78, 5) is 0. The van der Waals surface area contributed by atoms with Crippen LogP contribution in [-0.4, -0.2) is 6.61 Å². The minimum Gasteiger partial charge on any atom is -0.345 e. The third kappa shape index (κ3) is 2.48. The van der Waals surface area contributed by atoms with Crippen molar-refractivity contribution in [2.45, 2.75) is 12.4 Å². The summed E-state index contributed by atoms with van der Waals surface area (Å²) >= 11 is 3.42. The van der Waals surface area contributed by atoms with E-state index >= 15 is 0 Å². The summed E-state index contributed by atoms with van der Waals surface area (Å²) in [5.41, 5.74) is 2.22. The summed E-state index contributed by atoms with van der Waals surface area (Å²) in [5.74, 6) is 0. The zero-order valence-corrected chi connectivity index (χ0v) is 11.3. The monoisotopic (exact) mass is 304 g/mol. The van der Waals surface area contributed by atoms with E-state index in [0.29, 0.717) is 6.61 Å². The molecule has 2 aromatic carbocycles. The first-order chi connectivity index (χ1) is 8.83. The van der Waals surface area contributed by atoms with Crippen molar-refractivity contribution in [1.29, 1.82) is 0 Å². The average molecular weight is 305 g/mol. The van der Waals surface area contributed by atoms with Gasteiger partial charge in [-0.25, -0.2) is 0 Å². The smallest absolute Gasteiger partial charge is 0.184 e. The second-order valence-corrected chi connectivity index (χ2v) is 5.17. The van der Waals surface area contributed by atoms with Crippen molar-refractivity contribution in [2.75, 3.05) is 6.61 Å². The zero-order valence-electron chi connectivity index (χ0n) is 9.75. The van der Waals surface area contributed by atoms with Gasteiger partial charge in [0.15, 0.2) is 6.29 Å². The molecule has 0 radical (unpaired) electrons. The minimum atomic E-state index is -0.261. The van der Waals surface area contributed by atoms with Crippen LogP contribution >= 0.6 is 15.9 Å². The van der Waals surface area contributed by atoms with Crippen LogP contribution in [0.4, 0.5) is 0 Å². The van der Waals surface area contributed by atoms with Gasteiger partial charge in [0.25, 0.3) is 0 Å². The Hall–Kier alpha value is -1.16. The van der Waals surface area contributed by atoms with Crippen molar-refractivity contribution in [2.24, 2.45) is 0 Å². The first-order valence-electron chi connectivity index (χ1n) is 5.90. The molecule has 1 fully saturated rings. The predicted octanol–water partition coefficient (Wildman–Crippen LogP) is 4.24. The van der Waals surface area contributed by atoms with Gasteiger partial charge < -0.3 is 9.47 Å². The maximum absolute atomic E-state index is 5.94. The van der Waals surface area contributed by atoms with Crippen molar-refractivity contribution < 1.29 is 9.47 Å². The van der Waals surface area contributed by atoms with Crippen molar-refractivity contribution in [3.05, 3.63) is 70.2 Å².